The fourth-order valence-electron chi connectivity index (χ4n) is 6.50. The number of aromatic nitrogens is 1. The number of ether oxygens (including phenoxy) is 3. The Labute approximate surface area is 319 Å². The van der Waals surface area contributed by atoms with Crippen molar-refractivity contribution in [3.05, 3.63) is 40.0 Å². The Balaban J connectivity index is 1.39. The predicted molar refractivity (Wildman–Crippen MR) is 199 cm³/mol. The molecule has 2 amide bonds. The zero-order valence-corrected chi connectivity index (χ0v) is 36.1. The molecule has 0 radical (unpaired) electrons. The Hall–Kier alpha value is -1.77. The number of alkyl halides is 1. The van der Waals surface area contributed by atoms with Crippen LogP contribution in [0.1, 0.15) is 65.4 Å². The van der Waals surface area contributed by atoms with Gasteiger partial charge in [-0.3, -0.25) is 0 Å². The Morgan fingerprint density at radius 2 is 2.00 bits per heavy atom. The predicted octanol–water partition coefficient (Wildman–Crippen LogP) is 6.22. The van der Waals surface area contributed by atoms with Gasteiger partial charge in [0.15, 0.2) is 0 Å². The standard InChI is InChI=1S/C34H38FI2N4O6.Tl/c1-18-26-16-41(28(18)30(36)42)32(43)29(34(2,3)4)40-33(44)47-25-14-20(25)7-5-6-8-23(35)22-13-19-9-10-21(15-24(19)39-31(22)46-26)45-27-11-12-37-17-38-27;/h9-13,15,17-18,20,25-26,28-29H,5-8,14,16H2,1-4H3,(H,40,44);/t18-,20-,25-,26+,28+,29-;/m1./s1. The molecule has 2 fully saturated rings. The first-order chi connectivity index (χ1) is 22.7. The molecule has 14 heteroatoms. The van der Waals surface area contributed by atoms with Crippen LogP contribution in [0.15, 0.2) is 39.4 Å². The molecule has 7 atom stereocenters. The number of hydrogen-bond donors (Lipinski definition) is 1. The minimum absolute atomic E-state index is 0.0662. The molecule has 4 aliphatic rings. The molecule has 48 heavy (non-hydrogen) atoms. The molecule has 0 spiro atoms. The third kappa shape index (κ3) is 8.07. The first-order valence-electron chi connectivity index (χ1n) is 16.1. The molecule has 1 aliphatic carbocycles. The molecule has 1 unspecified atom stereocenters. The second kappa shape index (κ2) is 14.5. The van der Waals surface area contributed by atoms with Crippen LogP contribution in [-0.2, 0) is 17.6 Å². The zero-order valence-electron chi connectivity index (χ0n) is 27.3. The molecule has 1 saturated heterocycles. The molecule has 2 bridgehead atoms. The number of nitrogens with zero attached hydrogens (tertiary/aromatic N) is 3. The third-order valence-corrected chi connectivity index (χ3v) is 13.7. The van der Waals surface area contributed by atoms with Gasteiger partial charge in [0.05, 0.1) is 0 Å². The van der Waals surface area contributed by atoms with Gasteiger partial charge < -0.3 is 0 Å². The van der Waals surface area contributed by atoms with Crippen molar-refractivity contribution in [2.24, 2.45) is 22.2 Å². The maximum atomic E-state index is 16.9. The summed E-state index contributed by atoms with van der Waals surface area (Å²) in [5.41, 5.74) is 0.296. The summed E-state index contributed by atoms with van der Waals surface area (Å²) in [5, 5.41) is 3.57. The summed E-state index contributed by atoms with van der Waals surface area (Å²) < 4.78 is 37.3. The first-order valence-corrected chi connectivity index (χ1v) is 22.0. The van der Waals surface area contributed by atoms with E-state index in [9.17, 15) is 14.4 Å². The number of benzene rings is 1. The number of amides is 2. The molecule has 1 N–H and O–H groups in total. The van der Waals surface area contributed by atoms with Crippen molar-refractivity contribution in [1.82, 2.24) is 15.2 Å². The summed E-state index contributed by atoms with van der Waals surface area (Å²) >= 11 is 1.47. The number of pyridine rings is 1. The number of nitrogens with one attached hydrogen (secondary N) is 1. The third-order valence-electron chi connectivity index (χ3n) is 9.37. The van der Waals surface area contributed by atoms with Crippen molar-refractivity contribution in [1.29, 1.82) is 0 Å². The summed E-state index contributed by atoms with van der Waals surface area (Å²) in [4.78, 5) is 51.0. The van der Waals surface area contributed by atoms with Gasteiger partial charge in [-0.15, -0.1) is 0 Å². The Kier molecular flexibility index (Phi) is 10.9. The monoisotopic (exact) mass is 1080 g/mol. The molecular formula is C34H38FI2N4O6Tl. The van der Waals surface area contributed by atoms with Crippen molar-refractivity contribution in [2.45, 2.75) is 87.3 Å². The quantitative estimate of drug-likeness (QED) is 0.216. The maximum absolute atomic E-state index is 16.9. The second-order valence-corrected chi connectivity index (χ2v) is 20.6. The summed E-state index contributed by atoms with van der Waals surface area (Å²) in [6, 6.07) is 5.56. The topological polar surface area (TPSA) is 119 Å². The van der Waals surface area contributed by atoms with Crippen molar-refractivity contribution in [2.75, 3.05) is 6.54 Å². The number of aliphatic imine (C=N–C) groups is 1. The van der Waals surface area contributed by atoms with Gasteiger partial charge in [-0.05, 0) is 0 Å². The van der Waals surface area contributed by atoms with Crippen LogP contribution in [-0.4, -0.2) is 92.3 Å². The molecule has 2 aromatic rings. The van der Waals surface area contributed by atoms with Gasteiger partial charge in [-0.2, -0.15) is 0 Å². The Morgan fingerprint density at radius 3 is 2.71 bits per heavy atom. The molecule has 1 aromatic heterocycles. The van der Waals surface area contributed by atoms with Crippen LogP contribution in [0.5, 0.6) is 11.6 Å². The molecule has 1 saturated carbocycles. The van der Waals surface area contributed by atoms with E-state index in [0.29, 0.717) is 35.6 Å². The average Bonchev–Trinajstić information content (AvgIpc) is 3.67. The molecule has 3 aliphatic heterocycles. The van der Waals surface area contributed by atoms with E-state index in [1.54, 1.807) is 28.7 Å². The molecule has 4 heterocycles. The van der Waals surface area contributed by atoms with Crippen LogP contribution in [0.4, 0.5) is 9.18 Å². The fourth-order valence-corrected chi connectivity index (χ4v) is 10.1. The number of hydrogen-bond acceptors (Lipinski definition) is 8. The first kappa shape index (κ1) is 36.0. The minimum atomic E-state index is -1.61. The van der Waals surface area contributed by atoms with Crippen LogP contribution in [0.2, 0.25) is 0 Å². The average molecular weight is 1080 g/mol. The number of alkyl carbamates (subject to hydrolysis) is 1. The van der Waals surface area contributed by atoms with Gasteiger partial charge in [0.25, 0.3) is 0 Å². The van der Waals surface area contributed by atoms with E-state index in [0.717, 1.165) is 24.6 Å². The van der Waals surface area contributed by atoms with E-state index in [-0.39, 0.29) is 74.7 Å². The summed E-state index contributed by atoms with van der Waals surface area (Å²) in [6.07, 6.45) is 3.72. The number of carbonyl (C=O) groups excluding carboxylic acids is 3. The number of fused-ring (bicyclic) bond motifs is 5. The normalized spacial score (nSPS) is 31.1. The number of rotatable bonds is 2. The van der Waals surface area contributed by atoms with E-state index < -0.39 is 44.7 Å². The number of halogens is 3. The van der Waals surface area contributed by atoms with Gasteiger partial charge in [-0.25, -0.2) is 0 Å². The van der Waals surface area contributed by atoms with Crippen molar-refractivity contribution in [3.8, 4) is 11.6 Å². The summed E-state index contributed by atoms with van der Waals surface area (Å²) in [5.74, 6) is 0.604. The number of carbonyl (C=O) groups is 3. The van der Waals surface area contributed by atoms with Gasteiger partial charge in [0.1, 0.15) is 0 Å². The Bertz CT molecular complexity index is 1710. The van der Waals surface area contributed by atoms with E-state index >= 15 is 4.39 Å². The van der Waals surface area contributed by atoms with Crippen LogP contribution < -0.4 is 14.8 Å². The van der Waals surface area contributed by atoms with Crippen LogP contribution >= 0.6 is 43.3 Å². The molecule has 6 rings (SSSR count). The van der Waals surface area contributed by atoms with Crippen LogP contribution in [0.25, 0.3) is 10.9 Å². The van der Waals surface area contributed by atoms with Gasteiger partial charge >= 0.3 is 322 Å². The van der Waals surface area contributed by atoms with E-state index in [1.807, 2.05) is 56.1 Å². The van der Waals surface area contributed by atoms with Crippen molar-refractivity contribution >= 4 is 106 Å². The summed E-state index contributed by atoms with van der Waals surface area (Å²) in [7, 11) is 0. The Morgan fingerprint density at radius 1 is 1.21 bits per heavy atom. The van der Waals surface area contributed by atoms with Crippen molar-refractivity contribution in [3.63, 3.8) is 0 Å². The van der Waals surface area contributed by atoms with Crippen LogP contribution in [0, 0.1) is 17.3 Å². The van der Waals surface area contributed by atoms with Gasteiger partial charge in [-0.1, -0.05) is 0 Å². The molecular weight excluding hydrogens is 1040 g/mol. The van der Waals surface area contributed by atoms with E-state index in [2.05, 4.69) is 14.4 Å². The van der Waals surface area contributed by atoms with E-state index in [4.69, 9.17) is 19.2 Å². The molecule has 1 aromatic carbocycles. The SMILES string of the molecule is C[C@@H]1[C@@H]2CN(C(=O)[C@H](C(C)(C)C)NC(=O)O[C@@H]3C[C@H]3CCCC[C](F)([Tl])c3cc4ccc(OC5=NC=IC=C5)cc4nc3O2)[C@@H]1C(=O)I. The van der Waals surface area contributed by atoms with E-state index in [1.165, 1.54) is 4.90 Å². The summed E-state index contributed by atoms with van der Waals surface area (Å²) in [6.45, 7) is 7.52. The van der Waals surface area contributed by atoms with Crippen molar-refractivity contribution < 1.29 is 33.0 Å². The second-order valence-electron chi connectivity index (χ2n) is 14.0. The fraction of sp³-hybridized carbons (Fsp3) is 0.529. The van der Waals surface area contributed by atoms with Crippen LogP contribution in [0.3, 0.4) is 0 Å². The molecule has 254 valence electrons. The molecule has 10 nitrogen and oxygen atoms in total. The zero-order chi connectivity index (χ0) is 34.4. The van der Waals surface area contributed by atoms with Gasteiger partial charge in [0.2, 0.25) is 0 Å². The van der Waals surface area contributed by atoms with Gasteiger partial charge in [0, 0.05) is 0 Å².